The normalized spacial score (nSPS) is 15.0. The zero-order valence-corrected chi connectivity index (χ0v) is 12.2. The Kier molecular flexibility index (Phi) is 3.56. The van der Waals surface area contributed by atoms with Gasteiger partial charge in [0.1, 0.15) is 0 Å². The largest absolute Gasteiger partial charge is 0.291 e. The maximum atomic E-state index is 12.0. The van der Waals surface area contributed by atoms with Gasteiger partial charge in [-0.1, -0.05) is 29.8 Å². The molecule has 0 aliphatic heterocycles. The van der Waals surface area contributed by atoms with Crippen LogP contribution in [0.5, 0.6) is 0 Å². The summed E-state index contributed by atoms with van der Waals surface area (Å²) in [6.07, 6.45) is 2.35. The predicted octanol–water partition coefficient (Wildman–Crippen LogP) is 2.75. The summed E-state index contributed by atoms with van der Waals surface area (Å²) in [5.41, 5.74) is 6.93. The number of aryl methyl sites for hydroxylation is 1. The molecule has 1 amide bonds. The molecule has 21 heavy (non-hydrogen) atoms. The van der Waals surface area contributed by atoms with Gasteiger partial charge in [-0.05, 0) is 38.3 Å². The molecule has 0 radical (unpaired) electrons. The first-order chi connectivity index (χ1) is 10.1. The van der Waals surface area contributed by atoms with Crippen LogP contribution in [0, 0.1) is 6.92 Å². The molecule has 0 bridgehead atoms. The van der Waals surface area contributed by atoms with E-state index in [1.807, 2.05) is 44.2 Å². The predicted molar refractivity (Wildman–Crippen MR) is 81.4 cm³/mol. The third-order valence-electron chi connectivity index (χ3n) is 3.64. The van der Waals surface area contributed by atoms with Crippen LogP contribution >= 0.6 is 0 Å². The van der Waals surface area contributed by atoms with Gasteiger partial charge in [0.25, 0.3) is 5.91 Å². The Morgan fingerprint density at radius 2 is 2.05 bits per heavy atom. The highest BCUT2D eigenvalue weighted by atomic mass is 16.2. The topological polar surface area (TPSA) is 70.1 Å². The molecule has 5 heteroatoms. The van der Waals surface area contributed by atoms with Crippen LogP contribution in [0.4, 0.5) is 0 Å². The van der Waals surface area contributed by atoms with Gasteiger partial charge >= 0.3 is 0 Å². The van der Waals surface area contributed by atoms with Gasteiger partial charge in [0.05, 0.1) is 5.71 Å². The van der Waals surface area contributed by atoms with Gasteiger partial charge in [-0.2, -0.15) is 10.2 Å². The van der Waals surface area contributed by atoms with E-state index in [4.69, 9.17) is 0 Å². The Bertz CT molecular complexity index is 681. The van der Waals surface area contributed by atoms with Gasteiger partial charge in [-0.25, -0.2) is 5.43 Å². The first kappa shape index (κ1) is 13.5. The third-order valence-corrected chi connectivity index (χ3v) is 3.64. The molecule has 0 saturated heterocycles. The Morgan fingerprint density at radius 1 is 1.33 bits per heavy atom. The van der Waals surface area contributed by atoms with Crippen molar-refractivity contribution in [3.05, 3.63) is 52.8 Å². The van der Waals surface area contributed by atoms with E-state index in [2.05, 4.69) is 20.7 Å². The molecule has 0 unspecified atom stereocenters. The summed E-state index contributed by atoms with van der Waals surface area (Å²) in [7, 11) is 0. The van der Waals surface area contributed by atoms with Crippen molar-refractivity contribution in [3.8, 4) is 0 Å². The molecule has 2 N–H and O–H groups in total. The van der Waals surface area contributed by atoms with Crippen molar-refractivity contribution in [3.63, 3.8) is 0 Å². The highest BCUT2D eigenvalue weighted by molar-refractivity contribution is 6.00. The minimum Gasteiger partial charge on any atom is -0.281 e. The number of hydrogen-bond donors (Lipinski definition) is 2. The molecule has 1 saturated carbocycles. The summed E-state index contributed by atoms with van der Waals surface area (Å²) in [6, 6.07) is 9.82. The summed E-state index contributed by atoms with van der Waals surface area (Å²) in [5.74, 6) is 0.265. The molecule has 3 rings (SSSR count). The summed E-state index contributed by atoms with van der Waals surface area (Å²) in [6.45, 7) is 3.90. The number of aromatic nitrogens is 2. The van der Waals surface area contributed by atoms with E-state index in [1.54, 1.807) is 0 Å². The lowest BCUT2D eigenvalue weighted by atomic mass is 10.1. The minimum atomic E-state index is -0.287. The molecular formula is C16H18N4O. The van der Waals surface area contributed by atoms with Gasteiger partial charge in [-0.15, -0.1) is 0 Å². The molecule has 2 aromatic rings. The Labute approximate surface area is 123 Å². The number of carbonyl (C=O) groups is 1. The first-order valence-electron chi connectivity index (χ1n) is 7.10. The fraction of sp³-hybridized carbons (Fsp3) is 0.312. The van der Waals surface area contributed by atoms with E-state index < -0.39 is 0 Å². The second-order valence-electron chi connectivity index (χ2n) is 5.49. The van der Waals surface area contributed by atoms with Gasteiger partial charge in [0, 0.05) is 11.6 Å². The number of rotatable bonds is 4. The van der Waals surface area contributed by atoms with Gasteiger partial charge in [0.15, 0.2) is 5.69 Å². The number of H-pyrrole nitrogens is 1. The molecule has 1 fully saturated rings. The zero-order chi connectivity index (χ0) is 14.8. The molecule has 1 aliphatic carbocycles. The van der Waals surface area contributed by atoms with Crippen molar-refractivity contribution in [2.75, 3.05) is 0 Å². The van der Waals surface area contributed by atoms with Crippen molar-refractivity contribution < 1.29 is 4.79 Å². The van der Waals surface area contributed by atoms with E-state index in [1.165, 1.54) is 18.4 Å². The first-order valence-corrected chi connectivity index (χ1v) is 7.10. The number of carbonyl (C=O) groups excluding carboxylic acids is 1. The number of nitrogens with zero attached hydrogens (tertiary/aromatic N) is 2. The van der Waals surface area contributed by atoms with Crippen LogP contribution in [0.15, 0.2) is 35.4 Å². The van der Waals surface area contributed by atoms with Crippen molar-refractivity contribution in [2.24, 2.45) is 5.10 Å². The van der Waals surface area contributed by atoms with Crippen LogP contribution in [-0.2, 0) is 0 Å². The van der Waals surface area contributed by atoms with E-state index in [0.717, 1.165) is 17.0 Å². The molecule has 1 heterocycles. The molecule has 1 aromatic carbocycles. The SMILES string of the molecule is C/C(=N\NC(=O)c1cc(C2CC2)[nH]n1)c1ccc(C)cc1. The summed E-state index contributed by atoms with van der Waals surface area (Å²) in [4.78, 5) is 12.0. The average molecular weight is 282 g/mol. The zero-order valence-electron chi connectivity index (χ0n) is 12.2. The van der Waals surface area contributed by atoms with Crippen molar-refractivity contribution in [1.29, 1.82) is 0 Å². The molecule has 108 valence electrons. The van der Waals surface area contributed by atoms with Gasteiger partial charge < -0.3 is 0 Å². The lowest BCUT2D eigenvalue weighted by Crippen LogP contribution is -2.19. The Balaban J connectivity index is 1.65. The lowest BCUT2D eigenvalue weighted by Gasteiger charge is -2.02. The van der Waals surface area contributed by atoms with Crippen molar-refractivity contribution >= 4 is 11.6 Å². The van der Waals surface area contributed by atoms with E-state index >= 15 is 0 Å². The molecule has 0 spiro atoms. The summed E-state index contributed by atoms with van der Waals surface area (Å²) >= 11 is 0. The van der Waals surface area contributed by atoms with Crippen LogP contribution in [0.2, 0.25) is 0 Å². The van der Waals surface area contributed by atoms with Gasteiger partial charge in [-0.3, -0.25) is 9.89 Å². The maximum Gasteiger partial charge on any atom is 0.291 e. The number of benzene rings is 1. The van der Waals surface area contributed by atoms with Gasteiger partial charge in [0.2, 0.25) is 0 Å². The van der Waals surface area contributed by atoms with Crippen LogP contribution in [-0.4, -0.2) is 21.8 Å². The molecule has 5 nitrogen and oxygen atoms in total. The number of amides is 1. The number of hydrogen-bond acceptors (Lipinski definition) is 3. The average Bonchev–Trinajstić information content (AvgIpc) is 3.22. The highest BCUT2D eigenvalue weighted by Crippen LogP contribution is 2.38. The van der Waals surface area contributed by atoms with E-state index in [9.17, 15) is 4.79 Å². The summed E-state index contributed by atoms with van der Waals surface area (Å²) in [5, 5.41) is 11.1. The number of hydrazone groups is 1. The van der Waals surface area contributed by atoms with Crippen LogP contribution in [0.25, 0.3) is 0 Å². The van der Waals surface area contributed by atoms with Crippen LogP contribution < -0.4 is 5.43 Å². The van der Waals surface area contributed by atoms with Crippen molar-refractivity contribution in [2.45, 2.75) is 32.6 Å². The fourth-order valence-electron chi connectivity index (χ4n) is 2.11. The minimum absolute atomic E-state index is 0.287. The van der Waals surface area contributed by atoms with Crippen molar-refractivity contribution in [1.82, 2.24) is 15.6 Å². The Morgan fingerprint density at radius 3 is 2.71 bits per heavy atom. The van der Waals surface area contributed by atoms with E-state index in [-0.39, 0.29) is 5.91 Å². The second kappa shape index (κ2) is 5.52. The quantitative estimate of drug-likeness (QED) is 0.668. The smallest absolute Gasteiger partial charge is 0.281 e. The Hall–Kier alpha value is -2.43. The molecular weight excluding hydrogens is 264 g/mol. The second-order valence-corrected chi connectivity index (χ2v) is 5.49. The fourth-order valence-corrected chi connectivity index (χ4v) is 2.11. The molecule has 1 aromatic heterocycles. The maximum absolute atomic E-state index is 12.0. The lowest BCUT2D eigenvalue weighted by molar-refractivity contribution is 0.0950. The summed E-state index contributed by atoms with van der Waals surface area (Å²) < 4.78 is 0. The number of aromatic amines is 1. The molecule has 0 atom stereocenters. The number of nitrogens with one attached hydrogen (secondary N) is 2. The standard InChI is InChI=1S/C16H18N4O/c1-10-3-5-12(6-4-10)11(2)17-20-16(21)15-9-14(18-19-15)13-7-8-13/h3-6,9,13H,7-8H2,1-2H3,(H,18,19)(H,20,21)/b17-11+. The highest BCUT2D eigenvalue weighted by Gasteiger charge is 2.26. The third kappa shape index (κ3) is 3.18. The van der Waals surface area contributed by atoms with E-state index in [0.29, 0.717) is 11.6 Å². The monoisotopic (exact) mass is 282 g/mol. The van der Waals surface area contributed by atoms with Crippen LogP contribution in [0.1, 0.15) is 53.0 Å². The molecule has 1 aliphatic rings. The van der Waals surface area contributed by atoms with Crippen LogP contribution in [0.3, 0.4) is 0 Å².